The van der Waals surface area contributed by atoms with Gasteiger partial charge in [0.1, 0.15) is 5.78 Å². The summed E-state index contributed by atoms with van der Waals surface area (Å²) in [5.74, 6) is 12.8. The van der Waals surface area contributed by atoms with Crippen molar-refractivity contribution in [1.29, 1.82) is 0 Å². The molecule has 12 aliphatic rings. The Hall–Kier alpha value is -1.30. The molecule has 0 aromatic heterocycles. The van der Waals surface area contributed by atoms with Crippen LogP contribution in [0.25, 0.3) is 0 Å². The third kappa shape index (κ3) is 45.3. The molecule has 0 aromatic carbocycles. The topological polar surface area (TPSA) is 211 Å². The third-order valence-corrected chi connectivity index (χ3v) is 26.4. The molecule has 6 aliphatic heterocycles. The fourth-order valence-electron chi connectivity index (χ4n) is 18.2. The van der Waals surface area contributed by atoms with E-state index in [-0.39, 0.29) is 35.9 Å². The van der Waals surface area contributed by atoms with Crippen LogP contribution in [0, 0.1) is 112 Å². The minimum Gasteiger partial charge on any atom is -0.481 e. The molecule has 18 atom stereocenters. The Morgan fingerprint density at radius 3 is 1.06 bits per heavy atom. The summed E-state index contributed by atoms with van der Waals surface area (Å²) in [6, 6.07) is 0. The van der Waals surface area contributed by atoms with Crippen molar-refractivity contribution in [3.05, 3.63) is 0 Å². The lowest BCUT2D eigenvalue weighted by Gasteiger charge is -2.39. The van der Waals surface area contributed by atoms with Gasteiger partial charge in [0.15, 0.2) is 0 Å². The molecule has 14 nitrogen and oxygen atoms in total. The number of aliphatic hydroxyl groups is 5. The zero-order valence-electron chi connectivity index (χ0n) is 76.1. The zero-order chi connectivity index (χ0) is 82.6. The molecule has 0 amide bonds. The maximum atomic E-state index is 10.9. The van der Waals surface area contributed by atoms with E-state index in [0.29, 0.717) is 83.8 Å². The molecule has 648 valence electrons. The van der Waals surface area contributed by atoms with Gasteiger partial charge in [-0.05, 0) is 239 Å². The van der Waals surface area contributed by atoms with Crippen molar-refractivity contribution in [3.8, 4) is 0 Å². The maximum Gasteiger partial charge on any atom is 0.303 e. The monoisotopic (exact) mass is 1550 g/mol. The van der Waals surface area contributed by atoms with Crippen LogP contribution in [0.4, 0.5) is 0 Å². The predicted octanol–water partition coefficient (Wildman–Crippen LogP) is 22.6. The molecule has 12 fully saturated rings. The van der Waals surface area contributed by atoms with Gasteiger partial charge in [0.25, 0.3) is 0 Å². The second kappa shape index (κ2) is 53.2. The summed E-state index contributed by atoms with van der Waals surface area (Å²) in [6.07, 6.45) is 38.9. The molecule has 14 heteroatoms. The Morgan fingerprint density at radius 2 is 0.743 bits per heavy atom. The van der Waals surface area contributed by atoms with Crippen LogP contribution in [-0.2, 0) is 38.0 Å². The quantitative estimate of drug-likeness (QED) is 0.134. The normalized spacial score (nSPS) is 37.9. The number of Topliss-reactive ketones (excluding diaryl/α,β-unsaturated/α-hetero) is 1. The van der Waals surface area contributed by atoms with Gasteiger partial charge >= 0.3 is 5.97 Å². The number of ether oxygens (including phenoxy) is 6. The molecule has 0 spiro atoms. The Kier molecular flexibility index (Phi) is 50.6. The van der Waals surface area contributed by atoms with Gasteiger partial charge in [-0.3, -0.25) is 9.59 Å². The number of aliphatic carboxylic acids is 1. The smallest absolute Gasteiger partial charge is 0.303 e. The van der Waals surface area contributed by atoms with Crippen LogP contribution in [0.1, 0.15) is 379 Å². The number of fused-ring (bicyclic) bond motifs is 1. The van der Waals surface area contributed by atoms with E-state index in [1.807, 2.05) is 34.6 Å². The first-order valence-corrected chi connectivity index (χ1v) is 45.7. The highest BCUT2D eigenvalue weighted by Crippen LogP contribution is 2.39. The van der Waals surface area contributed by atoms with Gasteiger partial charge in [-0.1, -0.05) is 228 Å². The van der Waals surface area contributed by atoms with E-state index in [4.69, 9.17) is 33.5 Å². The van der Waals surface area contributed by atoms with Crippen LogP contribution < -0.4 is 0 Å². The molecule has 0 radical (unpaired) electrons. The molecule has 6 N–H and O–H groups in total. The number of aliphatic hydroxyl groups excluding tert-OH is 2. The van der Waals surface area contributed by atoms with E-state index in [1.165, 1.54) is 141 Å². The number of ketones is 1. The van der Waals surface area contributed by atoms with Gasteiger partial charge < -0.3 is 59.1 Å². The summed E-state index contributed by atoms with van der Waals surface area (Å²) in [5.41, 5.74) is -1.50. The van der Waals surface area contributed by atoms with Crippen molar-refractivity contribution in [2.75, 3.05) is 39.6 Å². The molecule has 109 heavy (non-hydrogen) atoms. The summed E-state index contributed by atoms with van der Waals surface area (Å²) < 4.78 is 33.0. The van der Waals surface area contributed by atoms with Gasteiger partial charge in [0, 0.05) is 50.6 Å². The Morgan fingerprint density at radius 1 is 0.358 bits per heavy atom. The van der Waals surface area contributed by atoms with Crippen LogP contribution in [0.15, 0.2) is 0 Å². The van der Waals surface area contributed by atoms with Crippen molar-refractivity contribution < 1.29 is 68.6 Å². The second-order valence-corrected chi connectivity index (χ2v) is 41.6. The minimum absolute atomic E-state index is 0.00806. The van der Waals surface area contributed by atoms with Crippen LogP contribution in [0.5, 0.6) is 0 Å². The number of carboxylic acids is 1. The zero-order valence-corrected chi connectivity index (χ0v) is 76.1. The number of hydrogen-bond acceptors (Lipinski definition) is 13. The molecule has 0 bridgehead atoms. The van der Waals surface area contributed by atoms with Gasteiger partial charge in [0.05, 0.1) is 78.8 Å². The number of carboxylic acid groups (broad SMARTS) is 1. The van der Waals surface area contributed by atoms with E-state index < -0.39 is 22.8 Å². The van der Waals surface area contributed by atoms with E-state index in [2.05, 4.69) is 125 Å². The highest BCUT2D eigenvalue weighted by Gasteiger charge is 2.44. The van der Waals surface area contributed by atoms with Crippen molar-refractivity contribution >= 4 is 11.8 Å². The average molecular weight is 1550 g/mol. The van der Waals surface area contributed by atoms with Crippen LogP contribution in [-0.4, -0.2) is 148 Å². The lowest BCUT2D eigenvalue weighted by atomic mass is 9.75. The SMILES string of the molecule is CC(=O)C1CCC(C)CC1.CC1CCC(C(C)(C)O)CC1.CC1CCC(C)CC1.CC1CCC(CC(=O)O)CC1.CC1CCCC(C(C)(C)O)C1.CC1CCCC(C)C1.CC1COC(C(C)(C)C)C(O)C1.CC1COC(C(C)(C)O)C1.CC1COC2C(C)COC12.CCC1CC(C)CO1.CCC1OCC(C)CC1O. The van der Waals surface area contributed by atoms with Crippen molar-refractivity contribution in [1.82, 2.24) is 0 Å². The van der Waals surface area contributed by atoms with Crippen molar-refractivity contribution in [2.45, 2.75) is 445 Å². The summed E-state index contributed by atoms with van der Waals surface area (Å²) in [7, 11) is 0. The number of carbonyl (C=O) groups is 2. The lowest BCUT2D eigenvalue weighted by molar-refractivity contribution is -0.138. The van der Waals surface area contributed by atoms with Gasteiger partial charge in [0.2, 0.25) is 0 Å². The number of carbonyl (C=O) groups excluding carboxylic acids is 1. The Balaban J connectivity index is 0.000000408. The van der Waals surface area contributed by atoms with Crippen LogP contribution >= 0.6 is 0 Å². The van der Waals surface area contributed by atoms with Gasteiger partial charge in [-0.25, -0.2) is 0 Å². The number of hydrogen-bond donors (Lipinski definition) is 6. The van der Waals surface area contributed by atoms with E-state index in [9.17, 15) is 35.1 Å². The van der Waals surface area contributed by atoms with Crippen LogP contribution in [0.3, 0.4) is 0 Å². The first-order valence-electron chi connectivity index (χ1n) is 45.7. The molecule has 6 aliphatic carbocycles. The maximum absolute atomic E-state index is 10.9. The second-order valence-electron chi connectivity index (χ2n) is 41.6. The molecule has 12 rings (SSSR count). The van der Waals surface area contributed by atoms with Gasteiger partial charge in [-0.2, -0.15) is 0 Å². The fourth-order valence-corrected chi connectivity index (χ4v) is 18.2. The highest BCUT2D eigenvalue weighted by molar-refractivity contribution is 5.78. The minimum atomic E-state index is -0.662. The van der Waals surface area contributed by atoms with E-state index >= 15 is 0 Å². The third-order valence-electron chi connectivity index (χ3n) is 26.4. The molecular weight excluding hydrogens is 1370 g/mol. The van der Waals surface area contributed by atoms with Crippen molar-refractivity contribution in [3.63, 3.8) is 0 Å². The standard InChI is InChI=1S/C10H20O2.2C10H20O.C9H16O2.C9H16O.C8H14O2.2C8H16O2.2C8H16.C7H14O/c1-7-5-8(11)9(12-6-7)10(2,3)4;1-8-4-6-9(7-5-8)10(2,3)11;1-8-5-4-6-9(7-8)10(2,3)11;1-7-2-4-8(5-3-7)6-9(10)11;1-7-3-5-9(6-4-7)8(2)10;1-5-3-9-8-6(2)4-10-7(5)8;1-6-4-7(10-5-6)8(2,3)9;1-3-8-7(9)4-6(2)5-10-8;1-7-3-5-8(2)6-4-7;1-7-4-3-5-8(2)6-7;1-3-7-4-6(2)5-8-7/h7-9,11H,5-6H2,1-4H3;2*8-9,11H,4-7H2,1-3H3;7-8H,2-6H2,1H3,(H,10,11);7,9H,3-6H2,1-2H3;5-8H,3-4H2,1-2H3;6-7,9H,4-5H2,1-3H3;6-9H,3-5H2,1-2H3;2*7-8H,3-6H2,1-2H3;6-7H,3-5H2,1-2H3. The first kappa shape index (κ1) is 104. The molecule has 6 saturated carbocycles. The summed E-state index contributed by atoms with van der Waals surface area (Å²) in [6.45, 7) is 60.4. The average Bonchev–Trinajstić information content (AvgIpc) is 1.66. The number of rotatable bonds is 8. The summed E-state index contributed by atoms with van der Waals surface area (Å²) in [5, 5.41) is 56.7. The fraction of sp³-hybridized carbons (Fsp3) is 0.979. The first-order chi connectivity index (χ1) is 50.7. The van der Waals surface area contributed by atoms with Crippen molar-refractivity contribution in [2.24, 2.45) is 112 Å². The Labute approximate surface area is 673 Å². The largest absolute Gasteiger partial charge is 0.481 e. The Bertz CT molecular complexity index is 2240. The lowest BCUT2D eigenvalue weighted by Crippen LogP contribution is -2.45. The van der Waals surface area contributed by atoms with E-state index in [1.54, 1.807) is 20.8 Å². The van der Waals surface area contributed by atoms with Crippen LogP contribution in [0.2, 0.25) is 0 Å². The molecule has 0 aromatic rings. The van der Waals surface area contributed by atoms with E-state index in [0.717, 1.165) is 144 Å². The molecular formula is C95H184O14. The van der Waals surface area contributed by atoms with Gasteiger partial charge in [-0.15, -0.1) is 0 Å². The molecule has 18 unspecified atom stereocenters. The molecule has 6 saturated heterocycles. The highest BCUT2D eigenvalue weighted by atomic mass is 16.6. The predicted molar refractivity (Wildman–Crippen MR) is 454 cm³/mol. The molecule has 6 heterocycles. The summed E-state index contributed by atoms with van der Waals surface area (Å²) in [4.78, 5) is 21.3. The summed E-state index contributed by atoms with van der Waals surface area (Å²) >= 11 is 0.